The second-order valence-corrected chi connectivity index (χ2v) is 6.77. The van der Waals surface area contributed by atoms with Crippen LogP contribution < -0.4 is 0 Å². The van der Waals surface area contributed by atoms with Crippen LogP contribution >= 0.6 is 24.0 Å². The minimum Gasteiger partial charge on any atom is -0.343 e. The van der Waals surface area contributed by atoms with Crippen LogP contribution in [0.5, 0.6) is 0 Å². The number of aromatic nitrogens is 2. The predicted octanol–water partition coefficient (Wildman–Crippen LogP) is 3.23. The van der Waals surface area contributed by atoms with Gasteiger partial charge in [-0.25, -0.2) is 4.98 Å². The third kappa shape index (κ3) is 3.50. The SMILES string of the molecule is O=C(CCS)N1CCC(c2nc(-c3ccncc3)cs2)CC1. The normalized spacial score (nSPS) is 16.0. The molecule has 2 aromatic heterocycles. The molecule has 0 atom stereocenters. The Morgan fingerprint density at radius 1 is 1.32 bits per heavy atom. The highest BCUT2D eigenvalue weighted by molar-refractivity contribution is 7.80. The van der Waals surface area contributed by atoms with E-state index in [-0.39, 0.29) is 5.91 Å². The van der Waals surface area contributed by atoms with Crippen molar-refractivity contribution in [3.8, 4) is 11.3 Å². The molecule has 4 nitrogen and oxygen atoms in total. The van der Waals surface area contributed by atoms with Gasteiger partial charge in [-0.15, -0.1) is 11.3 Å². The van der Waals surface area contributed by atoms with E-state index in [1.807, 2.05) is 17.0 Å². The number of amides is 1. The van der Waals surface area contributed by atoms with Crippen molar-refractivity contribution in [3.05, 3.63) is 34.9 Å². The van der Waals surface area contributed by atoms with Crippen molar-refractivity contribution in [3.63, 3.8) is 0 Å². The zero-order valence-electron chi connectivity index (χ0n) is 12.3. The van der Waals surface area contributed by atoms with E-state index in [0.717, 1.165) is 37.2 Å². The van der Waals surface area contributed by atoms with Crippen LogP contribution in [0.2, 0.25) is 0 Å². The van der Waals surface area contributed by atoms with Gasteiger partial charge in [0.25, 0.3) is 0 Å². The molecule has 0 N–H and O–H groups in total. The van der Waals surface area contributed by atoms with E-state index in [0.29, 0.717) is 18.1 Å². The molecule has 3 heterocycles. The van der Waals surface area contributed by atoms with Crippen molar-refractivity contribution >= 4 is 29.9 Å². The van der Waals surface area contributed by atoms with Crippen LogP contribution in [0.3, 0.4) is 0 Å². The van der Waals surface area contributed by atoms with Crippen molar-refractivity contribution in [1.29, 1.82) is 0 Å². The summed E-state index contributed by atoms with van der Waals surface area (Å²) in [6.07, 6.45) is 6.13. The Morgan fingerprint density at radius 2 is 2.05 bits per heavy atom. The Kier molecular flexibility index (Phi) is 5.10. The summed E-state index contributed by atoms with van der Waals surface area (Å²) in [4.78, 5) is 22.7. The first-order valence-corrected chi connectivity index (χ1v) is 9.03. The molecule has 116 valence electrons. The molecule has 0 aromatic carbocycles. The molecule has 1 fully saturated rings. The maximum Gasteiger partial charge on any atom is 0.223 e. The van der Waals surface area contributed by atoms with Gasteiger partial charge in [-0.2, -0.15) is 12.6 Å². The van der Waals surface area contributed by atoms with Gasteiger partial charge in [-0.05, 0) is 30.7 Å². The molecule has 0 aliphatic carbocycles. The molecule has 0 radical (unpaired) electrons. The van der Waals surface area contributed by atoms with E-state index in [2.05, 4.69) is 23.0 Å². The second kappa shape index (κ2) is 7.24. The number of rotatable bonds is 4. The quantitative estimate of drug-likeness (QED) is 0.874. The van der Waals surface area contributed by atoms with Crippen LogP contribution in [0, 0.1) is 0 Å². The van der Waals surface area contributed by atoms with Gasteiger partial charge in [0, 0.05) is 48.8 Å². The smallest absolute Gasteiger partial charge is 0.223 e. The van der Waals surface area contributed by atoms with Crippen molar-refractivity contribution in [2.24, 2.45) is 0 Å². The Balaban J connectivity index is 1.63. The average molecular weight is 333 g/mol. The van der Waals surface area contributed by atoms with Gasteiger partial charge in [0.05, 0.1) is 10.7 Å². The molecule has 0 unspecified atom stereocenters. The molecular formula is C16H19N3OS2. The van der Waals surface area contributed by atoms with Crippen molar-refractivity contribution < 1.29 is 4.79 Å². The number of nitrogens with zero attached hydrogens (tertiary/aromatic N) is 3. The first kappa shape index (κ1) is 15.5. The molecule has 1 saturated heterocycles. The summed E-state index contributed by atoms with van der Waals surface area (Å²) in [5.41, 5.74) is 2.13. The summed E-state index contributed by atoms with van der Waals surface area (Å²) >= 11 is 5.86. The summed E-state index contributed by atoms with van der Waals surface area (Å²) in [7, 11) is 0. The average Bonchev–Trinajstić information content (AvgIpc) is 3.06. The van der Waals surface area contributed by atoms with E-state index >= 15 is 0 Å². The summed E-state index contributed by atoms with van der Waals surface area (Å²) in [6, 6.07) is 3.97. The van der Waals surface area contributed by atoms with Crippen molar-refractivity contribution in [2.45, 2.75) is 25.2 Å². The number of hydrogen-bond donors (Lipinski definition) is 1. The van der Waals surface area contributed by atoms with E-state index in [4.69, 9.17) is 4.98 Å². The van der Waals surface area contributed by atoms with Crippen molar-refractivity contribution in [1.82, 2.24) is 14.9 Å². The Morgan fingerprint density at radius 3 is 2.73 bits per heavy atom. The highest BCUT2D eigenvalue weighted by atomic mass is 32.1. The minimum absolute atomic E-state index is 0.227. The molecule has 1 aliphatic heterocycles. The van der Waals surface area contributed by atoms with Gasteiger partial charge >= 0.3 is 0 Å². The van der Waals surface area contributed by atoms with Crippen LogP contribution in [0.1, 0.15) is 30.2 Å². The first-order chi connectivity index (χ1) is 10.8. The number of pyridine rings is 1. The first-order valence-electron chi connectivity index (χ1n) is 7.52. The highest BCUT2D eigenvalue weighted by Crippen LogP contribution is 2.32. The Labute approximate surface area is 140 Å². The van der Waals surface area contributed by atoms with Gasteiger partial charge in [0.15, 0.2) is 0 Å². The van der Waals surface area contributed by atoms with Gasteiger partial charge in [-0.1, -0.05) is 0 Å². The Bertz CT molecular complexity index is 621. The monoisotopic (exact) mass is 333 g/mol. The number of piperidine rings is 1. The van der Waals surface area contributed by atoms with E-state index in [1.165, 1.54) is 5.01 Å². The van der Waals surface area contributed by atoms with E-state index in [1.54, 1.807) is 23.7 Å². The molecule has 1 aliphatic rings. The minimum atomic E-state index is 0.227. The Hall–Kier alpha value is -1.40. The molecule has 0 spiro atoms. The zero-order valence-corrected chi connectivity index (χ0v) is 14.0. The second-order valence-electron chi connectivity index (χ2n) is 5.44. The molecule has 6 heteroatoms. The third-order valence-electron chi connectivity index (χ3n) is 4.02. The summed E-state index contributed by atoms with van der Waals surface area (Å²) in [6.45, 7) is 1.67. The molecule has 2 aromatic rings. The zero-order chi connectivity index (χ0) is 15.4. The van der Waals surface area contributed by atoms with E-state index in [9.17, 15) is 4.79 Å². The lowest BCUT2D eigenvalue weighted by atomic mass is 9.97. The number of carbonyl (C=O) groups is 1. The fourth-order valence-electron chi connectivity index (χ4n) is 2.76. The van der Waals surface area contributed by atoms with Crippen LogP contribution in [-0.2, 0) is 4.79 Å². The molecule has 0 saturated carbocycles. The van der Waals surface area contributed by atoms with E-state index < -0.39 is 0 Å². The number of carbonyl (C=O) groups excluding carboxylic acids is 1. The van der Waals surface area contributed by atoms with Crippen LogP contribution in [0.15, 0.2) is 29.9 Å². The molecular weight excluding hydrogens is 314 g/mol. The third-order valence-corrected chi connectivity index (χ3v) is 5.25. The van der Waals surface area contributed by atoms with Crippen LogP contribution in [0.25, 0.3) is 11.3 Å². The topological polar surface area (TPSA) is 46.1 Å². The lowest BCUT2D eigenvalue weighted by Crippen LogP contribution is -2.37. The predicted molar refractivity (Wildman–Crippen MR) is 92.4 cm³/mol. The summed E-state index contributed by atoms with van der Waals surface area (Å²) in [5, 5.41) is 3.30. The van der Waals surface area contributed by atoms with Crippen LogP contribution in [0.4, 0.5) is 0 Å². The maximum absolute atomic E-state index is 11.9. The molecule has 1 amide bonds. The number of likely N-dealkylation sites (tertiary alicyclic amines) is 1. The standard InChI is InChI=1S/C16H19N3OS2/c20-15(5-10-21)19-8-3-13(4-9-19)16-18-14(11-22-16)12-1-6-17-7-2-12/h1-2,6-7,11,13,21H,3-5,8-10H2. The molecule has 0 bridgehead atoms. The molecule has 3 rings (SSSR count). The number of thiol groups is 1. The summed E-state index contributed by atoms with van der Waals surface area (Å²) in [5.74, 6) is 1.33. The fraction of sp³-hybridized carbons (Fsp3) is 0.438. The maximum atomic E-state index is 11.9. The fourth-order valence-corrected chi connectivity index (χ4v) is 3.95. The number of hydrogen-bond acceptors (Lipinski definition) is 5. The van der Waals surface area contributed by atoms with Gasteiger partial charge < -0.3 is 4.90 Å². The molecule has 22 heavy (non-hydrogen) atoms. The number of thiazole rings is 1. The highest BCUT2D eigenvalue weighted by Gasteiger charge is 2.25. The largest absolute Gasteiger partial charge is 0.343 e. The van der Waals surface area contributed by atoms with Gasteiger partial charge in [-0.3, -0.25) is 9.78 Å². The van der Waals surface area contributed by atoms with Gasteiger partial charge in [0.2, 0.25) is 5.91 Å². The summed E-state index contributed by atoms with van der Waals surface area (Å²) < 4.78 is 0. The van der Waals surface area contributed by atoms with Gasteiger partial charge in [0.1, 0.15) is 0 Å². The lowest BCUT2D eigenvalue weighted by molar-refractivity contribution is -0.131. The van der Waals surface area contributed by atoms with Crippen LogP contribution in [-0.4, -0.2) is 39.6 Å². The van der Waals surface area contributed by atoms with Crippen molar-refractivity contribution in [2.75, 3.05) is 18.8 Å². The lowest BCUT2D eigenvalue weighted by Gasteiger charge is -2.31.